The molecule has 2 N–H and O–H groups in total. The lowest BCUT2D eigenvalue weighted by Crippen LogP contribution is -2.55. The number of carbonyl (C=O) groups is 2. The Balaban J connectivity index is 1.39. The smallest absolute Gasteiger partial charge is 0.417 e. The normalized spacial score (nSPS) is 16.3. The molecule has 2 amide bonds. The molecule has 1 saturated heterocycles. The monoisotopic (exact) mass is 456 g/mol. The van der Waals surface area contributed by atoms with E-state index >= 15 is 0 Å². The first-order valence-electron chi connectivity index (χ1n) is 10.7. The number of oxazole rings is 1. The van der Waals surface area contributed by atoms with E-state index in [1.165, 1.54) is 17.0 Å². The third-order valence-electron chi connectivity index (χ3n) is 5.40. The van der Waals surface area contributed by atoms with Crippen LogP contribution in [0.5, 0.6) is 5.75 Å². The van der Waals surface area contributed by atoms with Crippen LogP contribution in [-0.2, 0) is 9.59 Å². The quantitative estimate of drug-likeness (QED) is 0.585. The Hall–Kier alpha value is -3.82. The summed E-state index contributed by atoms with van der Waals surface area (Å²) in [7, 11) is 0. The molecule has 2 aromatic carbocycles. The summed E-state index contributed by atoms with van der Waals surface area (Å²) in [5, 5.41) is 2.54. The average molecular weight is 456 g/mol. The minimum Gasteiger partial charge on any atom is -0.488 e. The molecule has 33 heavy (non-hydrogen) atoms. The molecule has 1 aliphatic rings. The van der Waals surface area contributed by atoms with Gasteiger partial charge in [-0.2, -0.15) is 0 Å². The number of amides is 2. The number of ether oxygens (including phenoxy) is 1. The first-order valence-corrected chi connectivity index (χ1v) is 10.7. The average Bonchev–Trinajstić information content (AvgIpc) is 3.13. The first-order chi connectivity index (χ1) is 15.7. The Morgan fingerprint density at radius 1 is 1.21 bits per heavy atom. The number of carbonyl (C=O) groups excluding carboxylic acids is 2. The minimum absolute atomic E-state index is 0.128. The topological polar surface area (TPSA) is 108 Å². The number of halogens is 1. The fourth-order valence-electron chi connectivity index (χ4n) is 3.89. The molecule has 2 heterocycles. The summed E-state index contributed by atoms with van der Waals surface area (Å²) < 4.78 is 24.8. The maximum Gasteiger partial charge on any atom is 0.417 e. The fraction of sp³-hybridized carbons (Fsp3) is 0.348. The van der Waals surface area contributed by atoms with E-state index in [1.807, 2.05) is 25.7 Å². The molecule has 10 heteroatoms. The number of hydrogen-bond donors (Lipinski definition) is 2. The van der Waals surface area contributed by atoms with Gasteiger partial charge in [0.15, 0.2) is 17.1 Å². The number of fused-ring (bicyclic) bond motifs is 1. The zero-order valence-corrected chi connectivity index (χ0v) is 18.6. The summed E-state index contributed by atoms with van der Waals surface area (Å²) in [4.78, 5) is 42.4. The lowest BCUT2D eigenvalue weighted by molar-refractivity contribution is -0.143. The van der Waals surface area contributed by atoms with Gasteiger partial charge in [-0.1, -0.05) is 0 Å². The van der Waals surface area contributed by atoms with Crippen LogP contribution < -0.4 is 20.7 Å². The van der Waals surface area contributed by atoms with E-state index in [1.54, 1.807) is 24.3 Å². The molecule has 0 aliphatic carbocycles. The van der Waals surface area contributed by atoms with Crippen molar-refractivity contribution in [2.24, 2.45) is 0 Å². The molecule has 1 fully saturated rings. The second-order valence-electron chi connectivity index (χ2n) is 8.25. The van der Waals surface area contributed by atoms with E-state index in [9.17, 15) is 18.8 Å². The number of benzene rings is 2. The van der Waals surface area contributed by atoms with Crippen molar-refractivity contribution in [2.45, 2.75) is 32.9 Å². The predicted octanol–water partition coefficient (Wildman–Crippen LogP) is 2.72. The van der Waals surface area contributed by atoms with Crippen LogP contribution in [0.4, 0.5) is 15.8 Å². The van der Waals surface area contributed by atoms with Crippen LogP contribution in [0, 0.1) is 5.82 Å². The van der Waals surface area contributed by atoms with Gasteiger partial charge in [0.05, 0.1) is 11.6 Å². The van der Waals surface area contributed by atoms with Crippen LogP contribution in [0.25, 0.3) is 11.1 Å². The number of aromatic amines is 1. The molecule has 0 spiro atoms. The van der Waals surface area contributed by atoms with Gasteiger partial charge < -0.3 is 24.3 Å². The highest BCUT2D eigenvalue weighted by molar-refractivity contribution is 6.39. The van der Waals surface area contributed by atoms with Crippen LogP contribution in [0.3, 0.4) is 0 Å². The molecule has 0 bridgehead atoms. The molecule has 9 nitrogen and oxygen atoms in total. The first kappa shape index (κ1) is 22.4. The number of nitrogens with zero attached hydrogens (tertiary/aromatic N) is 2. The maximum absolute atomic E-state index is 14.4. The Labute approximate surface area is 189 Å². The van der Waals surface area contributed by atoms with Gasteiger partial charge in [0.25, 0.3) is 0 Å². The van der Waals surface area contributed by atoms with Crippen molar-refractivity contribution in [3.05, 3.63) is 52.8 Å². The van der Waals surface area contributed by atoms with Gasteiger partial charge >= 0.3 is 17.6 Å². The Morgan fingerprint density at radius 3 is 2.70 bits per heavy atom. The summed E-state index contributed by atoms with van der Waals surface area (Å²) in [6.45, 7) is 6.65. The third-order valence-corrected chi connectivity index (χ3v) is 5.40. The zero-order chi connectivity index (χ0) is 23.7. The van der Waals surface area contributed by atoms with Gasteiger partial charge in [-0.3, -0.25) is 14.6 Å². The number of hydrogen-bond acceptors (Lipinski definition) is 6. The number of anilines is 2. The van der Waals surface area contributed by atoms with Gasteiger partial charge in [0, 0.05) is 49.2 Å². The lowest BCUT2D eigenvalue weighted by Gasteiger charge is -2.41. The Morgan fingerprint density at radius 2 is 2.00 bits per heavy atom. The maximum atomic E-state index is 14.4. The second kappa shape index (κ2) is 8.97. The molecule has 174 valence electrons. The molecular weight excluding hydrogens is 431 g/mol. The van der Waals surface area contributed by atoms with Crippen molar-refractivity contribution in [1.29, 1.82) is 0 Å². The number of nitrogens with one attached hydrogen (secondary N) is 2. The largest absolute Gasteiger partial charge is 0.488 e. The minimum atomic E-state index is -0.783. The summed E-state index contributed by atoms with van der Waals surface area (Å²) in [5.41, 5.74) is 1.81. The van der Waals surface area contributed by atoms with E-state index in [4.69, 9.17) is 9.15 Å². The van der Waals surface area contributed by atoms with E-state index in [0.717, 1.165) is 0 Å². The highest BCUT2D eigenvalue weighted by atomic mass is 19.1. The second-order valence-corrected chi connectivity index (χ2v) is 8.25. The van der Waals surface area contributed by atoms with Crippen LogP contribution in [0.1, 0.15) is 20.8 Å². The van der Waals surface area contributed by atoms with Crippen molar-refractivity contribution < 1.29 is 23.1 Å². The van der Waals surface area contributed by atoms with Crippen molar-refractivity contribution in [3.63, 3.8) is 0 Å². The highest BCUT2D eigenvalue weighted by Crippen LogP contribution is 2.27. The SMILES string of the molecule is CC(C)Oc1ccc(N2CCN(C(=O)C(=O)Nc3ccc4[nH]c(=O)oc4c3)C[C@H]2C)cc1F. The van der Waals surface area contributed by atoms with Gasteiger partial charge in [0.1, 0.15) is 0 Å². The summed E-state index contributed by atoms with van der Waals surface area (Å²) in [6.07, 6.45) is -0.131. The standard InChI is InChI=1S/C23H25FN4O5/c1-13(2)32-19-7-5-16(11-17(19)24)28-9-8-27(12-14(28)3)22(30)21(29)25-15-4-6-18-20(10-15)33-23(31)26-18/h4-7,10-11,13-14H,8-9,12H2,1-3H3,(H,25,29)(H,26,31)/t14-/m1/s1. The highest BCUT2D eigenvalue weighted by Gasteiger charge is 2.30. The third kappa shape index (κ3) is 4.84. The predicted molar refractivity (Wildman–Crippen MR) is 121 cm³/mol. The Kier molecular flexibility index (Phi) is 6.08. The molecule has 0 radical (unpaired) electrons. The number of rotatable bonds is 4. The zero-order valence-electron chi connectivity index (χ0n) is 18.6. The number of aromatic nitrogens is 1. The van der Waals surface area contributed by atoms with Gasteiger partial charge in [-0.25, -0.2) is 9.18 Å². The van der Waals surface area contributed by atoms with Crippen LogP contribution in [-0.4, -0.2) is 53.5 Å². The summed E-state index contributed by atoms with van der Waals surface area (Å²) >= 11 is 0. The van der Waals surface area contributed by atoms with Crippen LogP contribution in [0.15, 0.2) is 45.6 Å². The van der Waals surface area contributed by atoms with Gasteiger partial charge in [0.2, 0.25) is 0 Å². The van der Waals surface area contributed by atoms with Crippen molar-refractivity contribution in [2.75, 3.05) is 29.9 Å². The molecule has 0 saturated carbocycles. The summed E-state index contributed by atoms with van der Waals surface area (Å²) in [6, 6.07) is 9.31. The van der Waals surface area contributed by atoms with Crippen LogP contribution in [0.2, 0.25) is 0 Å². The van der Waals surface area contributed by atoms with Crippen molar-refractivity contribution in [3.8, 4) is 5.75 Å². The fourth-order valence-corrected chi connectivity index (χ4v) is 3.89. The van der Waals surface area contributed by atoms with Gasteiger partial charge in [-0.05, 0) is 45.0 Å². The van der Waals surface area contributed by atoms with Crippen molar-refractivity contribution in [1.82, 2.24) is 9.88 Å². The summed E-state index contributed by atoms with van der Waals surface area (Å²) in [5.74, 6) is -2.29. The molecule has 0 unspecified atom stereocenters. The van der Waals surface area contributed by atoms with E-state index < -0.39 is 23.4 Å². The molecule has 4 rings (SSSR count). The van der Waals surface area contributed by atoms with E-state index in [0.29, 0.717) is 36.5 Å². The molecule has 1 aromatic heterocycles. The molecule has 3 aromatic rings. The lowest BCUT2D eigenvalue weighted by atomic mass is 10.1. The molecular formula is C23H25FN4O5. The molecule has 1 atom stereocenters. The number of piperazine rings is 1. The van der Waals surface area contributed by atoms with E-state index in [2.05, 4.69) is 10.3 Å². The van der Waals surface area contributed by atoms with Crippen molar-refractivity contribution >= 4 is 34.3 Å². The Bertz CT molecular complexity index is 1250. The molecule has 1 aliphatic heterocycles. The number of H-pyrrole nitrogens is 1. The van der Waals surface area contributed by atoms with E-state index in [-0.39, 0.29) is 23.5 Å². The van der Waals surface area contributed by atoms with Crippen LogP contribution >= 0.6 is 0 Å². The van der Waals surface area contributed by atoms with Gasteiger partial charge in [-0.15, -0.1) is 0 Å².